The minimum absolute atomic E-state index is 0.248. The molecule has 10 heteroatoms. The van der Waals surface area contributed by atoms with E-state index in [1.165, 1.54) is 12.1 Å². The third-order valence-corrected chi connectivity index (χ3v) is 5.06. The molecule has 27 heavy (non-hydrogen) atoms. The van der Waals surface area contributed by atoms with Crippen molar-refractivity contribution >= 4 is 50.6 Å². The average molecular weight is 482 g/mol. The van der Waals surface area contributed by atoms with Crippen LogP contribution in [0.5, 0.6) is 5.75 Å². The van der Waals surface area contributed by atoms with Crippen molar-refractivity contribution in [1.82, 2.24) is 4.98 Å². The summed E-state index contributed by atoms with van der Waals surface area (Å²) in [5, 5.41) is 26.1. The number of nitro benzene ring substituents is 2. The lowest BCUT2D eigenvalue weighted by Gasteiger charge is -2.07. The second-order valence-corrected chi connectivity index (χ2v) is 6.80. The van der Waals surface area contributed by atoms with Crippen LogP contribution in [0.4, 0.5) is 17.1 Å². The molecule has 0 unspecified atom stereocenters. The molecule has 2 aromatic carbocycles. The number of H-pyrrole nitrogens is 1. The summed E-state index contributed by atoms with van der Waals surface area (Å²) in [6.45, 7) is 0.429. The van der Waals surface area contributed by atoms with Crippen LogP contribution in [0.3, 0.4) is 0 Å². The van der Waals surface area contributed by atoms with Gasteiger partial charge in [-0.05, 0) is 58.8 Å². The lowest BCUT2D eigenvalue weighted by Crippen LogP contribution is -2.07. The fourth-order valence-electron chi connectivity index (χ4n) is 2.82. The Balaban J connectivity index is 1.81. The van der Waals surface area contributed by atoms with E-state index in [-0.39, 0.29) is 17.1 Å². The maximum Gasteiger partial charge on any atom is 0.299 e. The van der Waals surface area contributed by atoms with Crippen LogP contribution in [0.25, 0.3) is 10.9 Å². The van der Waals surface area contributed by atoms with Crippen LogP contribution in [-0.2, 0) is 6.42 Å². The first-order valence-electron chi connectivity index (χ1n) is 7.91. The van der Waals surface area contributed by atoms with Crippen LogP contribution in [0.15, 0.2) is 36.4 Å². The molecule has 0 aliphatic heterocycles. The fraction of sp³-hybridized carbons (Fsp3) is 0.176. The summed E-state index contributed by atoms with van der Waals surface area (Å²) < 4.78 is 6.25. The monoisotopic (exact) mass is 482 g/mol. The molecular formula is C17H15IN4O5. The SMILES string of the molecule is COc1ccc2[nH]c(I)c(CCNc3ccc([N+](=O)[O-])cc3[N+](=O)[O-])c2c1. The number of nitro groups is 2. The molecule has 2 N–H and O–H groups in total. The molecule has 3 rings (SSSR count). The van der Waals surface area contributed by atoms with Gasteiger partial charge >= 0.3 is 0 Å². The number of ether oxygens (including phenoxy) is 1. The van der Waals surface area contributed by atoms with Gasteiger partial charge in [0, 0.05) is 23.5 Å². The van der Waals surface area contributed by atoms with E-state index < -0.39 is 9.85 Å². The Hall–Kier alpha value is -2.89. The van der Waals surface area contributed by atoms with Gasteiger partial charge in [0.05, 0.1) is 26.7 Å². The number of halogens is 1. The van der Waals surface area contributed by atoms with Crippen molar-refractivity contribution in [3.05, 3.63) is 65.9 Å². The van der Waals surface area contributed by atoms with Gasteiger partial charge in [-0.3, -0.25) is 20.2 Å². The van der Waals surface area contributed by atoms with Crippen molar-refractivity contribution in [3.63, 3.8) is 0 Å². The third kappa shape index (κ3) is 3.94. The molecule has 0 saturated carbocycles. The minimum Gasteiger partial charge on any atom is -0.497 e. The minimum atomic E-state index is -0.654. The molecule has 1 heterocycles. The highest BCUT2D eigenvalue weighted by molar-refractivity contribution is 14.1. The number of anilines is 1. The largest absolute Gasteiger partial charge is 0.497 e. The van der Waals surface area contributed by atoms with Crippen LogP contribution in [-0.4, -0.2) is 28.5 Å². The van der Waals surface area contributed by atoms with E-state index in [9.17, 15) is 20.2 Å². The molecule has 0 aliphatic rings. The Labute approximate surface area is 167 Å². The number of nitrogens with zero attached hydrogens (tertiary/aromatic N) is 2. The van der Waals surface area contributed by atoms with Gasteiger partial charge in [-0.15, -0.1) is 0 Å². The quantitative estimate of drug-likeness (QED) is 0.295. The molecule has 0 saturated heterocycles. The smallest absolute Gasteiger partial charge is 0.299 e. The van der Waals surface area contributed by atoms with E-state index in [1.54, 1.807) is 7.11 Å². The van der Waals surface area contributed by atoms with Gasteiger partial charge in [0.2, 0.25) is 0 Å². The number of non-ortho nitro benzene ring substituents is 1. The Morgan fingerprint density at radius 1 is 1.15 bits per heavy atom. The summed E-state index contributed by atoms with van der Waals surface area (Å²) in [4.78, 5) is 24.0. The molecule has 9 nitrogen and oxygen atoms in total. The molecule has 0 aliphatic carbocycles. The zero-order valence-electron chi connectivity index (χ0n) is 14.2. The van der Waals surface area contributed by atoms with Crippen LogP contribution >= 0.6 is 22.6 Å². The maximum absolute atomic E-state index is 11.2. The predicted molar refractivity (Wildman–Crippen MR) is 110 cm³/mol. The normalized spacial score (nSPS) is 10.7. The number of hydrogen-bond acceptors (Lipinski definition) is 6. The Kier molecular flexibility index (Phi) is 5.44. The van der Waals surface area contributed by atoms with Crippen molar-refractivity contribution in [1.29, 1.82) is 0 Å². The Morgan fingerprint density at radius 3 is 2.59 bits per heavy atom. The second-order valence-electron chi connectivity index (χ2n) is 5.72. The Bertz CT molecular complexity index is 1030. The van der Waals surface area contributed by atoms with Gasteiger partial charge in [-0.1, -0.05) is 0 Å². The lowest BCUT2D eigenvalue weighted by molar-refractivity contribution is -0.393. The van der Waals surface area contributed by atoms with Crippen molar-refractivity contribution in [2.24, 2.45) is 0 Å². The van der Waals surface area contributed by atoms with E-state index >= 15 is 0 Å². The van der Waals surface area contributed by atoms with Gasteiger partial charge < -0.3 is 15.0 Å². The predicted octanol–water partition coefficient (Wildman–Crippen LogP) is 4.25. The van der Waals surface area contributed by atoms with Crippen molar-refractivity contribution in [2.45, 2.75) is 6.42 Å². The molecule has 0 radical (unpaired) electrons. The Morgan fingerprint density at radius 2 is 1.93 bits per heavy atom. The van der Waals surface area contributed by atoms with E-state index in [0.717, 1.165) is 32.0 Å². The van der Waals surface area contributed by atoms with Gasteiger partial charge in [0.1, 0.15) is 11.4 Å². The molecule has 0 atom stereocenters. The van der Waals surface area contributed by atoms with Gasteiger partial charge in [0.15, 0.2) is 0 Å². The summed E-state index contributed by atoms with van der Waals surface area (Å²) in [5.41, 5.74) is 1.67. The van der Waals surface area contributed by atoms with Crippen molar-refractivity contribution < 1.29 is 14.6 Å². The molecular weight excluding hydrogens is 467 g/mol. The van der Waals surface area contributed by atoms with Crippen LogP contribution < -0.4 is 10.1 Å². The van der Waals surface area contributed by atoms with E-state index in [1.807, 2.05) is 18.2 Å². The van der Waals surface area contributed by atoms with Crippen LogP contribution in [0, 0.1) is 23.9 Å². The standard InChI is InChI=1S/C17H15IN4O5/c1-27-11-3-5-14-13(9-11)12(17(18)20-14)6-7-19-15-4-2-10(21(23)24)8-16(15)22(25)26/h2-5,8-9,19-20H,6-7H2,1H3. The molecule has 0 fully saturated rings. The number of rotatable bonds is 7. The van der Waals surface area contributed by atoms with E-state index in [0.29, 0.717) is 13.0 Å². The first-order chi connectivity index (χ1) is 12.9. The summed E-state index contributed by atoms with van der Waals surface area (Å²) in [6.07, 6.45) is 0.611. The number of nitrogens with one attached hydrogen (secondary N) is 2. The molecule has 0 spiro atoms. The number of aromatic nitrogens is 1. The second kappa shape index (κ2) is 7.78. The molecule has 140 valence electrons. The van der Waals surface area contributed by atoms with Gasteiger partial charge in [-0.2, -0.15) is 0 Å². The molecule has 3 aromatic rings. The summed E-state index contributed by atoms with van der Waals surface area (Å²) >= 11 is 2.21. The average Bonchev–Trinajstić information content (AvgIpc) is 2.96. The first-order valence-corrected chi connectivity index (χ1v) is 8.99. The number of methoxy groups -OCH3 is 1. The number of aromatic amines is 1. The van der Waals surface area contributed by atoms with Crippen LogP contribution in [0.2, 0.25) is 0 Å². The van der Waals surface area contributed by atoms with Crippen LogP contribution in [0.1, 0.15) is 5.56 Å². The van der Waals surface area contributed by atoms with Crippen molar-refractivity contribution in [2.75, 3.05) is 19.0 Å². The highest BCUT2D eigenvalue weighted by atomic mass is 127. The van der Waals surface area contributed by atoms with E-state index in [4.69, 9.17) is 4.74 Å². The summed E-state index contributed by atoms with van der Waals surface area (Å²) in [6, 6.07) is 9.32. The van der Waals surface area contributed by atoms with Crippen molar-refractivity contribution in [3.8, 4) is 5.75 Å². The molecule has 0 bridgehead atoms. The highest BCUT2D eigenvalue weighted by Crippen LogP contribution is 2.30. The zero-order valence-corrected chi connectivity index (χ0v) is 16.3. The lowest BCUT2D eigenvalue weighted by atomic mass is 10.1. The molecule has 0 amide bonds. The fourth-order valence-corrected chi connectivity index (χ4v) is 3.67. The summed E-state index contributed by atoms with van der Waals surface area (Å²) in [7, 11) is 1.60. The highest BCUT2D eigenvalue weighted by Gasteiger charge is 2.19. The number of benzene rings is 2. The topological polar surface area (TPSA) is 123 Å². The first kappa shape index (κ1) is 18.9. The number of hydrogen-bond donors (Lipinski definition) is 2. The molecule has 1 aromatic heterocycles. The third-order valence-electron chi connectivity index (χ3n) is 4.14. The summed E-state index contributed by atoms with van der Waals surface area (Å²) in [5.74, 6) is 0.748. The van der Waals surface area contributed by atoms with Gasteiger partial charge in [0.25, 0.3) is 11.4 Å². The van der Waals surface area contributed by atoms with E-state index in [2.05, 4.69) is 32.9 Å². The number of fused-ring (bicyclic) bond motifs is 1. The zero-order chi connectivity index (χ0) is 19.6. The van der Waals surface area contributed by atoms with Gasteiger partial charge in [-0.25, -0.2) is 0 Å². The maximum atomic E-state index is 11.2.